The summed E-state index contributed by atoms with van der Waals surface area (Å²) < 4.78 is 13.2. The highest BCUT2D eigenvalue weighted by Crippen LogP contribution is 2.22. The Bertz CT molecular complexity index is 737. The fourth-order valence-corrected chi connectivity index (χ4v) is 3.66. The zero-order valence-electron chi connectivity index (χ0n) is 16.1. The normalized spacial score (nSPS) is 15.2. The van der Waals surface area contributed by atoms with Crippen molar-refractivity contribution in [2.24, 2.45) is 5.92 Å². The number of hydrogen-bond acceptors (Lipinski definition) is 2. The number of anilines is 2. The summed E-state index contributed by atoms with van der Waals surface area (Å²) in [7, 11) is 0. The van der Waals surface area contributed by atoms with Crippen molar-refractivity contribution in [2.45, 2.75) is 32.7 Å². The number of carbonyl (C=O) groups is 1. The number of nitrogens with one attached hydrogen (secondary N) is 1. The minimum absolute atomic E-state index is 0.0308. The summed E-state index contributed by atoms with van der Waals surface area (Å²) in [5.74, 6) is 0.0658. The predicted octanol–water partition coefficient (Wildman–Crippen LogP) is 3.33. The summed E-state index contributed by atoms with van der Waals surface area (Å²) in [6, 6.07) is 14.7. The van der Waals surface area contributed by atoms with Gasteiger partial charge >= 0.3 is 0 Å². The molecule has 0 radical (unpaired) electrons. The first kappa shape index (κ1) is 19.4. The van der Waals surface area contributed by atoms with Gasteiger partial charge in [0.25, 0.3) is 5.91 Å². The number of rotatable bonds is 7. The molecule has 3 rings (SSSR count). The molecular formula is C22H29FN3O+. The predicted molar refractivity (Wildman–Crippen MR) is 107 cm³/mol. The Morgan fingerprint density at radius 3 is 2.30 bits per heavy atom. The number of benzene rings is 2. The van der Waals surface area contributed by atoms with E-state index in [4.69, 9.17) is 0 Å². The lowest BCUT2D eigenvalue weighted by Gasteiger charge is -2.20. The van der Waals surface area contributed by atoms with Crippen LogP contribution in [0.4, 0.5) is 15.8 Å². The number of amides is 1. The van der Waals surface area contributed by atoms with Gasteiger partial charge in [0.2, 0.25) is 0 Å². The first-order valence-electron chi connectivity index (χ1n) is 9.76. The molecule has 1 heterocycles. The molecular weight excluding hydrogens is 341 g/mol. The Kier molecular flexibility index (Phi) is 6.45. The Morgan fingerprint density at radius 1 is 1.07 bits per heavy atom. The fourth-order valence-electron chi connectivity index (χ4n) is 3.66. The van der Waals surface area contributed by atoms with E-state index in [0.29, 0.717) is 12.5 Å². The van der Waals surface area contributed by atoms with Crippen LogP contribution in [-0.4, -0.2) is 25.5 Å². The van der Waals surface area contributed by atoms with E-state index >= 15 is 0 Å². The summed E-state index contributed by atoms with van der Waals surface area (Å²) in [6.07, 6.45) is 2.50. The lowest BCUT2D eigenvalue weighted by molar-refractivity contribution is -0.692. The Morgan fingerprint density at radius 2 is 1.70 bits per heavy atom. The number of quaternary nitrogens is 1. The van der Waals surface area contributed by atoms with Gasteiger partial charge in [-0.1, -0.05) is 26.0 Å². The third-order valence-electron chi connectivity index (χ3n) is 5.15. The number of nitrogens with two attached hydrogens (primary N) is 1. The third-order valence-corrected chi connectivity index (χ3v) is 5.15. The van der Waals surface area contributed by atoms with Crippen LogP contribution < -0.4 is 15.5 Å². The topological polar surface area (TPSA) is 49.0 Å². The van der Waals surface area contributed by atoms with Gasteiger partial charge in [0.1, 0.15) is 11.9 Å². The molecule has 1 saturated heterocycles. The molecule has 1 aliphatic heterocycles. The molecule has 0 saturated carbocycles. The van der Waals surface area contributed by atoms with Gasteiger partial charge in [-0.15, -0.1) is 0 Å². The van der Waals surface area contributed by atoms with E-state index in [2.05, 4.69) is 36.2 Å². The zero-order valence-corrected chi connectivity index (χ0v) is 16.1. The summed E-state index contributed by atoms with van der Waals surface area (Å²) in [5.41, 5.74) is 3.07. The smallest absolute Gasteiger partial charge is 0.279 e. The summed E-state index contributed by atoms with van der Waals surface area (Å²) in [5, 5.41) is 4.99. The Hall–Kier alpha value is -2.40. The van der Waals surface area contributed by atoms with Gasteiger partial charge in [0.15, 0.2) is 6.54 Å². The van der Waals surface area contributed by atoms with E-state index in [-0.39, 0.29) is 17.8 Å². The maximum Gasteiger partial charge on any atom is 0.279 e. The first-order chi connectivity index (χ1) is 13.0. The molecule has 0 aromatic heterocycles. The van der Waals surface area contributed by atoms with Crippen molar-refractivity contribution in [1.29, 1.82) is 0 Å². The van der Waals surface area contributed by atoms with Crippen molar-refractivity contribution < 1.29 is 14.5 Å². The molecule has 0 bridgehead atoms. The number of halogens is 1. The van der Waals surface area contributed by atoms with Gasteiger partial charge in [-0.3, -0.25) is 4.79 Å². The van der Waals surface area contributed by atoms with E-state index in [1.807, 2.05) is 17.4 Å². The van der Waals surface area contributed by atoms with Crippen LogP contribution in [0.3, 0.4) is 0 Å². The van der Waals surface area contributed by atoms with Gasteiger partial charge < -0.3 is 15.5 Å². The van der Waals surface area contributed by atoms with Crippen molar-refractivity contribution >= 4 is 17.3 Å². The number of nitrogens with zero attached hydrogens (tertiary/aromatic N) is 1. The van der Waals surface area contributed by atoms with Crippen molar-refractivity contribution in [3.8, 4) is 0 Å². The highest BCUT2D eigenvalue weighted by Gasteiger charge is 2.20. The quantitative estimate of drug-likeness (QED) is 0.785. The molecule has 0 unspecified atom stereocenters. The summed E-state index contributed by atoms with van der Waals surface area (Å²) in [6.45, 7) is 6.77. The van der Waals surface area contributed by atoms with Gasteiger partial charge in [-0.2, -0.15) is 0 Å². The standard InChI is InChI=1S/C22H28FN3O/c1-16(2)22(17-5-7-18(23)8-6-17)24-15-21(27)25-19-9-11-20(12-10-19)26-13-3-4-14-26/h5-12,16,22,24H,3-4,13-15H2,1-2H3,(H,25,27)/p+1/t22-/m1/s1. The van der Waals surface area contributed by atoms with Crippen molar-refractivity contribution in [1.82, 2.24) is 0 Å². The molecule has 1 amide bonds. The molecule has 1 aliphatic rings. The highest BCUT2D eigenvalue weighted by molar-refractivity contribution is 5.91. The largest absolute Gasteiger partial charge is 0.372 e. The van der Waals surface area contributed by atoms with Crippen LogP contribution in [0.25, 0.3) is 0 Å². The maximum atomic E-state index is 13.2. The first-order valence-corrected chi connectivity index (χ1v) is 9.76. The van der Waals surface area contributed by atoms with E-state index in [0.717, 1.165) is 24.3 Å². The molecule has 27 heavy (non-hydrogen) atoms. The Balaban J connectivity index is 1.54. The minimum Gasteiger partial charge on any atom is -0.372 e. The van der Waals surface area contributed by atoms with E-state index in [9.17, 15) is 9.18 Å². The Labute approximate surface area is 160 Å². The summed E-state index contributed by atoms with van der Waals surface area (Å²) >= 11 is 0. The SMILES string of the molecule is CC(C)[C@@H]([NH2+]CC(=O)Nc1ccc(N2CCCC2)cc1)c1ccc(F)cc1. The molecule has 2 aromatic rings. The highest BCUT2D eigenvalue weighted by atomic mass is 19.1. The number of hydrogen-bond donors (Lipinski definition) is 2. The van der Waals surface area contributed by atoms with Crippen LogP contribution in [0, 0.1) is 11.7 Å². The molecule has 4 nitrogen and oxygen atoms in total. The van der Waals surface area contributed by atoms with Crippen LogP contribution >= 0.6 is 0 Å². The summed E-state index contributed by atoms with van der Waals surface area (Å²) in [4.78, 5) is 14.7. The molecule has 5 heteroatoms. The van der Waals surface area contributed by atoms with Gasteiger partial charge in [-0.25, -0.2) is 4.39 Å². The molecule has 1 atom stereocenters. The van der Waals surface area contributed by atoms with Crippen LogP contribution in [0.5, 0.6) is 0 Å². The molecule has 2 aromatic carbocycles. The molecule has 3 N–H and O–H groups in total. The molecule has 144 valence electrons. The second-order valence-corrected chi connectivity index (χ2v) is 7.55. The average Bonchev–Trinajstić information content (AvgIpc) is 3.18. The lowest BCUT2D eigenvalue weighted by atomic mass is 9.96. The van der Waals surface area contributed by atoms with Gasteiger partial charge in [0.05, 0.1) is 0 Å². The second-order valence-electron chi connectivity index (χ2n) is 7.55. The van der Waals surface area contributed by atoms with E-state index in [1.54, 1.807) is 12.1 Å². The zero-order chi connectivity index (χ0) is 19.2. The van der Waals surface area contributed by atoms with Crippen LogP contribution in [-0.2, 0) is 4.79 Å². The van der Waals surface area contributed by atoms with Crippen LogP contribution in [0.1, 0.15) is 38.3 Å². The van der Waals surface area contributed by atoms with Crippen LogP contribution in [0.2, 0.25) is 0 Å². The van der Waals surface area contributed by atoms with Gasteiger partial charge in [0, 0.05) is 35.9 Å². The molecule has 0 spiro atoms. The maximum absolute atomic E-state index is 13.2. The van der Waals surface area contributed by atoms with Crippen molar-refractivity contribution in [3.05, 3.63) is 59.9 Å². The van der Waals surface area contributed by atoms with Crippen molar-refractivity contribution in [2.75, 3.05) is 29.9 Å². The minimum atomic E-state index is -0.239. The molecule has 0 aliphatic carbocycles. The fraction of sp³-hybridized carbons (Fsp3) is 0.409. The van der Waals surface area contributed by atoms with E-state index < -0.39 is 0 Å². The molecule has 1 fully saturated rings. The monoisotopic (exact) mass is 370 g/mol. The van der Waals surface area contributed by atoms with E-state index in [1.165, 1.54) is 30.7 Å². The average molecular weight is 370 g/mol. The second kappa shape index (κ2) is 9.00. The number of carbonyl (C=O) groups excluding carboxylic acids is 1. The lowest BCUT2D eigenvalue weighted by Crippen LogP contribution is -2.88. The third kappa shape index (κ3) is 5.30. The van der Waals surface area contributed by atoms with Crippen LogP contribution in [0.15, 0.2) is 48.5 Å². The van der Waals surface area contributed by atoms with Gasteiger partial charge in [-0.05, 0) is 49.2 Å². The van der Waals surface area contributed by atoms with Crippen molar-refractivity contribution in [3.63, 3.8) is 0 Å².